The maximum atomic E-state index is 12.3. The van der Waals surface area contributed by atoms with Crippen LogP contribution in [0.2, 0.25) is 0 Å². The first-order chi connectivity index (χ1) is 22.4. The molecule has 1 unspecified atom stereocenters. The summed E-state index contributed by atoms with van der Waals surface area (Å²) in [5, 5.41) is 19.5. The molecule has 1 rings (SSSR count). The predicted molar refractivity (Wildman–Crippen MR) is 194 cm³/mol. The van der Waals surface area contributed by atoms with E-state index < -0.39 is 5.97 Å². The molecule has 0 bridgehead atoms. The highest BCUT2D eigenvalue weighted by Crippen LogP contribution is 2.31. The molecule has 1 aliphatic rings. The van der Waals surface area contributed by atoms with Crippen molar-refractivity contribution in [3.8, 4) is 0 Å². The van der Waals surface area contributed by atoms with Crippen LogP contribution < -0.4 is 0 Å². The van der Waals surface area contributed by atoms with Gasteiger partial charge in [-0.3, -0.25) is 4.79 Å². The highest BCUT2D eigenvalue weighted by atomic mass is 16.4. The van der Waals surface area contributed by atoms with Gasteiger partial charge in [0.05, 0.1) is 6.10 Å². The van der Waals surface area contributed by atoms with E-state index >= 15 is 0 Å². The minimum atomic E-state index is -0.830. The van der Waals surface area contributed by atoms with E-state index in [4.69, 9.17) is 5.53 Å². The average molecular weight is 643 g/mol. The van der Waals surface area contributed by atoms with Crippen molar-refractivity contribution in [3.05, 3.63) is 41.5 Å². The first kappa shape index (κ1) is 43.7. The van der Waals surface area contributed by atoms with Crippen molar-refractivity contribution in [2.45, 2.75) is 187 Å². The number of rotatable bonds is 29. The van der Waals surface area contributed by atoms with Gasteiger partial charge in [0.1, 0.15) is 0 Å². The first-order valence-corrected chi connectivity index (χ1v) is 19.1. The largest absolute Gasteiger partial charge is 0.478 e. The molecule has 6 heteroatoms. The summed E-state index contributed by atoms with van der Waals surface area (Å²) in [4.78, 5) is 26.8. The van der Waals surface area contributed by atoms with E-state index in [-0.39, 0.29) is 23.7 Å². The lowest BCUT2D eigenvalue weighted by molar-refractivity contribution is -0.132. The molecule has 0 spiro atoms. The summed E-state index contributed by atoms with van der Waals surface area (Å²) in [5.74, 6) is -0.325. The highest BCUT2D eigenvalue weighted by Gasteiger charge is 2.28. The molecule has 0 saturated heterocycles. The second-order valence-corrected chi connectivity index (χ2v) is 13.2. The third kappa shape index (κ3) is 25.8. The van der Waals surface area contributed by atoms with Gasteiger partial charge < -0.3 is 15.7 Å². The Morgan fingerprint density at radius 1 is 0.804 bits per heavy atom. The molecule has 0 heterocycles. The van der Waals surface area contributed by atoms with Crippen molar-refractivity contribution in [1.29, 1.82) is 0 Å². The van der Waals surface area contributed by atoms with Crippen molar-refractivity contribution in [3.63, 3.8) is 0 Å². The molecule has 46 heavy (non-hydrogen) atoms. The summed E-state index contributed by atoms with van der Waals surface area (Å²) in [6.07, 6.45) is 38.4. The van der Waals surface area contributed by atoms with Crippen LogP contribution in [0.5, 0.6) is 0 Å². The second kappa shape index (κ2) is 32.6. The number of carbonyl (C=O) groups excluding carboxylic acids is 1. The lowest BCUT2D eigenvalue weighted by Gasteiger charge is -2.18. The normalized spacial score (nSPS) is 16.8. The van der Waals surface area contributed by atoms with Crippen molar-refractivity contribution < 1.29 is 24.6 Å². The molecule has 6 nitrogen and oxygen atoms in total. The Morgan fingerprint density at radius 3 is 1.96 bits per heavy atom. The molecular formula is C40H70N2O4. The molecule has 0 radical (unpaired) electrons. The first-order valence-electron chi connectivity index (χ1n) is 19.1. The van der Waals surface area contributed by atoms with E-state index in [0.29, 0.717) is 12.0 Å². The van der Waals surface area contributed by atoms with Crippen molar-refractivity contribution >= 4 is 18.0 Å². The standard InChI is InChI=1S/C30H50O4.C10H20N2/c1-3-5-7-8-9-10-11-13-17-26(30(33)34)18-14-12-15-22-28-25(23-24-29(28)32)19-16-21-27(31)20-6-4-2;1-2-3-4-5-6-7-8-9-10-12-11/h12,14,18,23-25,27-28,31H,3-11,13,15-17,19-22H2,1-2H3,(H,33,34);10H,2-9H2,1H3/t25-,27?,28+;/m0./s1. The fourth-order valence-corrected chi connectivity index (χ4v) is 6.03. The summed E-state index contributed by atoms with van der Waals surface area (Å²) >= 11 is 0. The number of hydrogen-bond donors (Lipinski definition) is 2. The molecule has 1 aliphatic carbocycles. The Labute approximate surface area is 282 Å². The van der Waals surface area contributed by atoms with Crippen LogP contribution in [-0.2, 0) is 9.59 Å². The Balaban J connectivity index is 0.00000142. The van der Waals surface area contributed by atoms with Gasteiger partial charge in [0, 0.05) is 17.9 Å². The minimum absolute atomic E-state index is 0.0256. The Kier molecular flexibility index (Phi) is 31.0. The predicted octanol–water partition coefficient (Wildman–Crippen LogP) is 11.4. The van der Waals surface area contributed by atoms with Crippen molar-refractivity contribution in [2.75, 3.05) is 0 Å². The minimum Gasteiger partial charge on any atom is -0.478 e. The number of allylic oxidation sites excluding steroid dienone is 5. The number of carbonyl (C=O) groups is 2. The number of carboxylic acid groups (broad SMARTS) is 1. The molecule has 0 aromatic heterocycles. The van der Waals surface area contributed by atoms with Gasteiger partial charge in [0.25, 0.3) is 6.21 Å². The summed E-state index contributed by atoms with van der Waals surface area (Å²) in [6.45, 7) is 6.59. The Hall–Kier alpha value is -2.30. The van der Waals surface area contributed by atoms with Gasteiger partial charge in [-0.2, -0.15) is 4.79 Å². The van der Waals surface area contributed by atoms with Gasteiger partial charge in [-0.1, -0.05) is 148 Å². The van der Waals surface area contributed by atoms with Crippen LogP contribution in [0.15, 0.2) is 36.0 Å². The average Bonchev–Trinajstić information content (AvgIpc) is 3.40. The van der Waals surface area contributed by atoms with Crippen LogP contribution in [0, 0.1) is 11.8 Å². The van der Waals surface area contributed by atoms with Crippen LogP contribution in [0.25, 0.3) is 5.53 Å². The second-order valence-electron chi connectivity index (χ2n) is 13.2. The third-order valence-corrected chi connectivity index (χ3v) is 9.03. The zero-order valence-corrected chi connectivity index (χ0v) is 30.0. The molecule has 3 atom stereocenters. The highest BCUT2D eigenvalue weighted by molar-refractivity contribution is 5.94. The maximum Gasteiger partial charge on any atom is 0.331 e. The number of carboxylic acids is 1. The summed E-state index contributed by atoms with van der Waals surface area (Å²) < 4.78 is 0. The maximum absolute atomic E-state index is 12.3. The lowest BCUT2D eigenvalue weighted by Crippen LogP contribution is -2.16. The summed E-state index contributed by atoms with van der Waals surface area (Å²) in [5.41, 5.74) is 8.58. The summed E-state index contributed by atoms with van der Waals surface area (Å²) in [7, 11) is 0. The monoisotopic (exact) mass is 643 g/mol. The smallest absolute Gasteiger partial charge is 0.331 e. The van der Waals surface area contributed by atoms with E-state index in [9.17, 15) is 19.8 Å². The molecule has 2 N–H and O–H groups in total. The van der Waals surface area contributed by atoms with E-state index in [1.165, 1.54) is 77.0 Å². The Bertz CT molecular complexity index is 888. The number of nitrogens with zero attached hydrogens (tertiary/aromatic N) is 2. The van der Waals surface area contributed by atoms with E-state index in [2.05, 4.69) is 25.6 Å². The van der Waals surface area contributed by atoms with Crippen molar-refractivity contribution in [2.24, 2.45) is 11.8 Å². The van der Waals surface area contributed by atoms with E-state index in [1.54, 1.807) is 18.4 Å². The van der Waals surface area contributed by atoms with Crippen LogP contribution in [-0.4, -0.2) is 39.1 Å². The molecule has 264 valence electrons. The van der Waals surface area contributed by atoms with Gasteiger partial charge in [-0.15, -0.1) is 0 Å². The molecule has 0 amide bonds. The van der Waals surface area contributed by atoms with Gasteiger partial charge in [0.15, 0.2) is 5.78 Å². The van der Waals surface area contributed by atoms with Crippen molar-refractivity contribution in [1.82, 2.24) is 0 Å². The fourth-order valence-electron chi connectivity index (χ4n) is 6.03. The van der Waals surface area contributed by atoms with Gasteiger partial charge in [0.2, 0.25) is 0 Å². The zero-order chi connectivity index (χ0) is 34.1. The lowest BCUT2D eigenvalue weighted by atomic mass is 9.86. The molecule has 0 aromatic carbocycles. The number of aliphatic hydroxyl groups excluding tert-OH is 1. The number of unbranched alkanes of at least 4 members (excludes halogenated alkanes) is 15. The number of hydrogen-bond acceptors (Lipinski definition) is 3. The molecule has 0 saturated carbocycles. The number of ketones is 1. The molecule has 0 aromatic rings. The molecular weight excluding hydrogens is 572 g/mol. The Morgan fingerprint density at radius 2 is 1.37 bits per heavy atom. The van der Waals surface area contributed by atoms with Crippen LogP contribution in [0.3, 0.4) is 0 Å². The fraction of sp³-hybridized carbons (Fsp3) is 0.775. The van der Waals surface area contributed by atoms with Crippen LogP contribution in [0.1, 0.15) is 181 Å². The quantitative estimate of drug-likeness (QED) is 0.0211. The zero-order valence-electron chi connectivity index (χ0n) is 30.0. The molecule has 0 aliphatic heterocycles. The summed E-state index contributed by atoms with van der Waals surface area (Å²) in [6, 6.07) is 0. The number of aliphatic carboxylic acids is 1. The van der Waals surface area contributed by atoms with E-state index in [0.717, 1.165) is 77.0 Å². The van der Waals surface area contributed by atoms with Crippen LogP contribution in [0.4, 0.5) is 0 Å². The third-order valence-electron chi connectivity index (χ3n) is 9.03. The molecule has 0 fully saturated rings. The topological polar surface area (TPSA) is 111 Å². The van der Waals surface area contributed by atoms with Gasteiger partial charge in [-0.05, 0) is 63.4 Å². The van der Waals surface area contributed by atoms with Crippen LogP contribution >= 0.6 is 0 Å². The SMILES string of the molecule is CCCCCCCCCC=[N+]=[N-].CCCCCCCCCCC(=CC=CCC[C@H]1C(=O)C=C[C@@H]1CCCC(O)CCCC)C(=O)O. The van der Waals surface area contributed by atoms with Gasteiger partial charge >= 0.3 is 5.97 Å². The van der Waals surface area contributed by atoms with Gasteiger partial charge in [-0.25, -0.2) is 4.79 Å². The van der Waals surface area contributed by atoms with E-state index in [1.807, 2.05) is 18.2 Å². The number of aliphatic hydroxyl groups is 1.